The molecule has 1 aromatic carbocycles. The molecule has 2 atom stereocenters. The van der Waals surface area contributed by atoms with Gasteiger partial charge in [-0.1, -0.05) is 18.2 Å². The molecule has 4 heteroatoms. The first-order valence-corrected chi connectivity index (χ1v) is 7.51. The molecule has 0 radical (unpaired) electrons. The Morgan fingerprint density at radius 1 is 1.44 bits per heavy atom. The summed E-state index contributed by atoms with van der Waals surface area (Å²) in [6.07, 6.45) is 0. The number of rotatable bonds is 4. The zero-order valence-corrected chi connectivity index (χ0v) is 12.2. The third-order valence-corrected chi connectivity index (χ3v) is 4.66. The van der Waals surface area contributed by atoms with Crippen LogP contribution in [0.25, 0.3) is 0 Å². The second-order valence-corrected chi connectivity index (χ2v) is 5.78. The summed E-state index contributed by atoms with van der Waals surface area (Å²) in [5.74, 6) is 3.37. The van der Waals surface area contributed by atoms with Crippen LogP contribution in [0.5, 0.6) is 5.75 Å². The van der Waals surface area contributed by atoms with Crippen LogP contribution in [-0.4, -0.2) is 50.2 Å². The Hall–Kier alpha value is -0.710. The van der Waals surface area contributed by atoms with E-state index in [0.29, 0.717) is 12.1 Å². The number of para-hydroxylation sites is 1. The van der Waals surface area contributed by atoms with Crippen molar-refractivity contribution in [1.82, 2.24) is 10.2 Å². The average Bonchev–Trinajstić information content (AvgIpc) is 2.42. The van der Waals surface area contributed by atoms with Gasteiger partial charge < -0.3 is 10.1 Å². The fourth-order valence-electron chi connectivity index (χ4n) is 2.53. The van der Waals surface area contributed by atoms with Gasteiger partial charge in [0.15, 0.2) is 0 Å². The van der Waals surface area contributed by atoms with Crippen molar-refractivity contribution in [3.8, 4) is 5.75 Å². The molecule has 1 fully saturated rings. The quantitative estimate of drug-likeness (QED) is 0.901. The lowest BCUT2D eigenvalue weighted by atomic mass is 9.98. The van der Waals surface area contributed by atoms with Crippen molar-refractivity contribution in [2.24, 2.45) is 0 Å². The Balaban J connectivity index is 2.26. The van der Waals surface area contributed by atoms with Crippen molar-refractivity contribution < 1.29 is 4.74 Å². The van der Waals surface area contributed by atoms with Gasteiger partial charge in [-0.3, -0.25) is 4.90 Å². The van der Waals surface area contributed by atoms with Gasteiger partial charge in [0, 0.05) is 29.7 Å². The van der Waals surface area contributed by atoms with Crippen LogP contribution in [0.4, 0.5) is 0 Å². The predicted octanol–water partition coefficient (Wildman–Crippen LogP) is 2.00. The van der Waals surface area contributed by atoms with E-state index in [-0.39, 0.29) is 0 Å². The average molecular weight is 266 g/mol. The fourth-order valence-corrected chi connectivity index (χ4v) is 3.81. The van der Waals surface area contributed by atoms with Crippen LogP contribution < -0.4 is 10.1 Å². The molecular weight excluding hydrogens is 244 g/mol. The molecule has 0 aromatic heterocycles. The van der Waals surface area contributed by atoms with Crippen LogP contribution in [0, 0.1) is 0 Å². The summed E-state index contributed by atoms with van der Waals surface area (Å²) in [5, 5.41) is 3.46. The molecule has 0 amide bonds. The Labute approximate surface area is 114 Å². The monoisotopic (exact) mass is 266 g/mol. The standard InChI is InChI=1S/C14H22N2OS/c1-15-14(12-10-18-9-8-16(12)2)11-6-4-5-7-13(11)17-3/h4-7,12,14-15H,8-10H2,1-3H3. The number of hydrogen-bond acceptors (Lipinski definition) is 4. The topological polar surface area (TPSA) is 24.5 Å². The first-order valence-electron chi connectivity index (χ1n) is 6.36. The zero-order chi connectivity index (χ0) is 13.0. The van der Waals surface area contributed by atoms with Gasteiger partial charge >= 0.3 is 0 Å². The first-order chi connectivity index (χ1) is 8.77. The van der Waals surface area contributed by atoms with E-state index in [1.165, 1.54) is 17.1 Å². The molecule has 1 heterocycles. The highest BCUT2D eigenvalue weighted by atomic mass is 32.2. The predicted molar refractivity (Wildman–Crippen MR) is 78.5 cm³/mol. The van der Waals surface area contributed by atoms with Crippen molar-refractivity contribution in [2.75, 3.05) is 39.3 Å². The maximum atomic E-state index is 5.49. The van der Waals surface area contributed by atoms with E-state index in [2.05, 4.69) is 29.4 Å². The minimum atomic E-state index is 0.318. The smallest absolute Gasteiger partial charge is 0.123 e. The maximum absolute atomic E-state index is 5.49. The second-order valence-electron chi connectivity index (χ2n) is 4.63. The number of thioether (sulfide) groups is 1. The highest BCUT2D eigenvalue weighted by molar-refractivity contribution is 7.99. The van der Waals surface area contributed by atoms with Crippen LogP contribution in [0.1, 0.15) is 11.6 Å². The molecule has 1 aliphatic heterocycles. The lowest BCUT2D eigenvalue weighted by Gasteiger charge is -2.38. The minimum absolute atomic E-state index is 0.318. The summed E-state index contributed by atoms with van der Waals surface area (Å²) in [6, 6.07) is 9.14. The molecular formula is C14H22N2OS. The van der Waals surface area contributed by atoms with Gasteiger partial charge in [-0.15, -0.1) is 0 Å². The normalized spacial score (nSPS) is 22.7. The van der Waals surface area contributed by atoms with E-state index in [9.17, 15) is 0 Å². The van der Waals surface area contributed by atoms with Crippen molar-refractivity contribution in [2.45, 2.75) is 12.1 Å². The molecule has 1 N–H and O–H groups in total. The second kappa shape index (κ2) is 6.45. The number of benzene rings is 1. The number of likely N-dealkylation sites (N-methyl/N-ethyl adjacent to an activating group) is 2. The maximum Gasteiger partial charge on any atom is 0.123 e. The Kier molecular flexibility index (Phi) is 4.92. The highest BCUT2D eigenvalue weighted by Crippen LogP contribution is 2.31. The van der Waals surface area contributed by atoms with E-state index in [4.69, 9.17) is 4.74 Å². The molecule has 0 saturated carbocycles. The summed E-state index contributed by atoms with van der Waals surface area (Å²) in [7, 11) is 5.99. The van der Waals surface area contributed by atoms with Crippen molar-refractivity contribution in [3.63, 3.8) is 0 Å². The van der Waals surface area contributed by atoms with Crippen LogP contribution in [0.2, 0.25) is 0 Å². The third-order valence-electron chi connectivity index (χ3n) is 3.61. The van der Waals surface area contributed by atoms with Crippen molar-refractivity contribution >= 4 is 11.8 Å². The summed E-state index contributed by atoms with van der Waals surface area (Å²) < 4.78 is 5.49. The molecule has 2 unspecified atom stereocenters. The van der Waals surface area contributed by atoms with Crippen LogP contribution in [-0.2, 0) is 0 Å². The van der Waals surface area contributed by atoms with Gasteiger partial charge in [0.2, 0.25) is 0 Å². The molecule has 1 aliphatic rings. The Morgan fingerprint density at radius 2 is 2.22 bits per heavy atom. The van der Waals surface area contributed by atoms with Crippen LogP contribution in [0.3, 0.4) is 0 Å². The largest absolute Gasteiger partial charge is 0.496 e. The number of hydrogen-bond donors (Lipinski definition) is 1. The van der Waals surface area contributed by atoms with Gasteiger partial charge in [-0.05, 0) is 20.2 Å². The van der Waals surface area contributed by atoms with Crippen LogP contribution >= 0.6 is 11.8 Å². The molecule has 18 heavy (non-hydrogen) atoms. The van der Waals surface area contributed by atoms with Gasteiger partial charge in [0.05, 0.1) is 13.2 Å². The van der Waals surface area contributed by atoms with Crippen molar-refractivity contribution in [1.29, 1.82) is 0 Å². The fraction of sp³-hybridized carbons (Fsp3) is 0.571. The third kappa shape index (κ3) is 2.82. The van der Waals surface area contributed by atoms with Gasteiger partial charge in [0.25, 0.3) is 0 Å². The molecule has 0 aliphatic carbocycles. The Morgan fingerprint density at radius 3 is 2.89 bits per heavy atom. The molecule has 0 spiro atoms. The van der Waals surface area contributed by atoms with E-state index in [1.54, 1.807) is 7.11 Å². The van der Waals surface area contributed by atoms with E-state index in [0.717, 1.165) is 12.3 Å². The van der Waals surface area contributed by atoms with E-state index >= 15 is 0 Å². The highest BCUT2D eigenvalue weighted by Gasteiger charge is 2.29. The van der Waals surface area contributed by atoms with Gasteiger partial charge in [0.1, 0.15) is 5.75 Å². The van der Waals surface area contributed by atoms with Gasteiger partial charge in [-0.2, -0.15) is 11.8 Å². The minimum Gasteiger partial charge on any atom is -0.496 e. The number of ether oxygens (including phenoxy) is 1. The summed E-state index contributed by atoms with van der Waals surface area (Å²) in [5.41, 5.74) is 1.25. The first kappa shape index (κ1) is 13.7. The summed E-state index contributed by atoms with van der Waals surface area (Å²) in [6.45, 7) is 1.16. The van der Waals surface area contributed by atoms with Gasteiger partial charge in [-0.25, -0.2) is 0 Å². The number of nitrogens with zero attached hydrogens (tertiary/aromatic N) is 1. The van der Waals surface area contributed by atoms with E-state index < -0.39 is 0 Å². The van der Waals surface area contributed by atoms with Crippen LogP contribution in [0.15, 0.2) is 24.3 Å². The molecule has 1 aromatic rings. The molecule has 0 bridgehead atoms. The summed E-state index contributed by atoms with van der Waals surface area (Å²) in [4.78, 5) is 2.45. The van der Waals surface area contributed by atoms with E-state index in [1.807, 2.05) is 30.9 Å². The lowest BCUT2D eigenvalue weighted by molar-refractivity contribution is 0.218. The molecule has 3 nitrogen and oxygen atoms in total. The summed E-state index contributed by atoms with van der Waals surface area (Å²) >= 11 is 2.04. The molecule has 100 valence electrons. The molecule has 1 saturated heterocycles. The Bertz CT molecular complexity index is 386. The SMILES string of the molecule is CNC(c1ccccc1OC)C1CSCCN1C. The number of nitrogens with one attached hydrogen (secondary N) is 1. The molecule has 2 rings (SSSR count). The lowest BCUT2D eigenvalue weighted by Crippen LogP contribution is -2.47. The zero-order valence-electron chi connectivity index (χ0n) is 11.3. The number of methoxy groups -OCH3 is 1. The van der Waals surface area contributed by atoms with Crippen molar-refractivity contribution in [3.05, 3.63) is 29.8 Å².